The van der Waals surface area contributed by atoms with Crippen molar-refractivity contribution in [3.8, 4) is 0 Å². The molecule has 2 N–H and O–H groups in total. The highest BCUT2D eigenvalue weighted by Crippen LogP contribution is 2.21. The molecule has 0 radical (unpaired) electrons. The fourth-order valence-electron chi connectivity index (χ4n) is 2.04. The van der Waals surface area contributed by atoms with Gasteiger partial charge in [0.25, 0.3) is 0 Å². The number of nitrogens with one attached hydrogen (secondary N) is 1. The lowest BCUT2D eigenvalue weighted by Gasteiger charge is -2.23. The number of carboxylic acid groups (broad SMARTS) is 1. The van der Waals surface area contributed by atoms with Crippen LogP contribution < -0.4 is 5.32 Å². The first kappa shape index (κ1) is 13.7. The van der Waals surface area contributed by atoms with E-state index in [1.807, 2.05) is 0 Å². The molecule has 1 atom stereocenters. The van der Waals surface area contributed by atoms with Gasteiger partial charge in [-0.2, -0.15) is 0 Å². The SMILES string of the molecule is O=C(O)c1ccc(NCC2CCCCO2)c(F)c1F. The molecule has 1 aliphatic rings. The molecule has 1 saturated heterocycles. The Kier molecular flexibility index (Phi) is 4.31. The van der Waals surface area contributed by atoms with Gasteiger partial charge in [-0.15, -0.1) is 0 Å². The van der Waals surface area contributed by atoms with E-state index in [9.17, 15) is 13.6 Å². The van der Waals surface area contributed by atoms with Gasteiger partial charge in [0.2, 0.25) is 0 Å². The second-order valence-electron chi connectivity index (χ2n) is 4.46. The van der Waals surface area contributed by atoms with Gasteiger partial charge in [-0.1, -0.05) is 0 Å². The Morgan fingerprint density at radius 2 is 2.16 bits per heavy atom. The summed E-state index contributed by atoms with van der Waals surface area (Å²) in [4.78, 5) is 10.6. The van der Waals surface area contributed by atoms with Crippen LogP contribution in [0, 0.1) is 11.6 Å². The third-order valence-corrected chi connectivity index (χ3v) is 3.11. The number of hydrogen-bond acceptors (Lipinski definition) is 3. The first-order valence-electron chi connectivity index (χ1n) is 6.16. The van der Waals surface area contributed by atoms with Crippen LogP contribution in [0.2, 0.25) is 0 Å². The van der Waals surface area contributed by atoms with Gasteiger partial charge >= 0.3 is 5.97 Å². The molecule has 1 heterocycles. The second-order valence-corrected chi connectivity index (χ2v) is 4.46. The molecular formula is C13H15F2NO3. The van der Waals surface area contributed by atoms with Crippen molar-refractivity contribution in [3.05, 3.63) is 29.3 Å². The molecule has 1 unspecified atom stereocenters. The van der Waals surface area contributed by atoms with Gasteiger partial charge in [-0.3, -0.25) is 0 Å². The number of aromatic carboxylic acids is 1. The van der Waals surface area contributed by atoms with Gasteiger partial charge in [0.1, 0.15) is 0 Å². The Balaban J connectivity index is 2.04. The number of rotatable bonds is 4. The lowest BCUT2D eigenvalue weighted by Crippen LogP contribution is -2.27. The van der Waals surface area contributed by atoms with Crippen LogP contribution in [-0.2, 0) is 4.74 Å². The van der Waals surface area contributed by atoms with Crippen LogP contribution in [0.5, 0.6) is 0 Å². The Labute approximate surface area is 109 Å². The van der Waals surface area contributed by atoms with Crippen molar-refractivity contribution in [2.45, 2.75) is 25.4 Å². The average molecular weight is 271 g/mol. The summed E-state index contributed by atoms with van der Waals surface area (Å²) in [5.41, 5.74) is -0.714. The fraction of sp³-hybridized carbons (Fsp3) is 0.462. The molecule has 0 aromatic heterocycles. The molecule has 19 heavy (non-hydrogen) atoms. The van der Waals surface area contributed by atoms with Gasteiger partial charge in [0.15, 0.2) is 11.6 Å². The largest absolute Gasteiger partial charge is 0.478 e. The summed E-state index contributed by atoms with van der Waals surface area (Å²) in [6.45, 7) is 1.06. The molecule has 1 aromatic rings. The number of carbonyl (C=O) groups is 1. The molecule has 104 valence electrons. The zero-order valence-corrected chi connectivity index (χ0v) is 10.3. The van der Waals surface area contributed by atoms with E-state index < -0.39 is 23.2 Å². The Hall–Kier alpha value is -1.69. The summed E-state index contributed by atoms with van der Waals surface area (Å²) < 4.78 is 32.5. The van der Waals surface area contributed by atoms with Crippen LogP contribution in [0.4, 0.5) is 14.5 Å². The summed E-state index contributed by atoms with van der Waals surface area (Å²) in [5, 5.41) is 11.4. The maximum Gasteiger partial charge on any atom is 0.338 e. The lowest BCUT2D eigenvalue weighted by atomic mass is 10.1. The first-order chi connectivity index (χ1) is 9.09. The molecule has 6 heteroatoms. The van der Waals surface area contributed by atoms with Crippen LogP contribution in [0.3, 0.4) is 0 Å². The van der Waals surface area contributed by atoms with Crippen molar-refractivity contribution in [3.63, 3.8) is 0 Å². The molecule has 1 aliphatic heterocycles. The number of hydrogen-bond donors (Lipinski definition) is 2. The van der Waals surface area contributed by atoms with Crippen molar-refractivity contribution >= 4 is 11.7 Å². The predicted octanol–water partition coefficient (Wildman–Crippen LogP) is 2.64. The minimum atomic E-state index is -1.49. The van der Waals surface area contributed by atoms with E-state index in [0.29, 0.717) is 13.2 Å². The van der Waals surface area contributed by atoms with Gasteiger partial charge in [0, 0.05) is 13.2 Å². The number of ether oxygens (including phenoxy) is 1. The van der Waals surface area contributed by atoms with Crippen LogP contribution in [0.25, 0.3) is 0 Å². The predicted molar refractivity (Wildman–Crippen MR) is 65.4 cm³/mol. The summed E-state index contributed by atoms with van der Waals surface area (Å²) >= 11 is 0. The van der Waals surface area contributed by atoms with E-state index in [1.165, 1.54) is 6.07 Å². The first-order valence-corrected chi connectivity index (χ1v) is 6.16. The van der Waals surface area contributed by atoms with E-state index in [0.717, 1.165) is 25.3 Å². The molecule has 4 nitrogen and oxygen atoms in total. The second kappa shape index (κ2) is 5.97. The third kappa shape index (κ3) is 3.20. The molecule has 2 rings (SSSR count). The molecule has 0 saturated carbocycles. The maximum atomic E-state index is 13.6. The lowest BCUT2D eigenvalue weighted by molar-refractivity contribution is 0.0247. The van der Waals surface area contributed by atoms with E-state index in [1.54, 1.807) is 0 Å². The van der Waals surface area contributed by atoms with Crippen LogP contribution in [-0.4, -0.2) is 30.3 Å². The van der Waals surface area contributed by atoms with Gasteiger partial charge < -0.3 is 15.2 Å². The van der Waals surface area contributed by atoms with Crippen LogP contribution in [0.1, 0.15) is 29.6 Å². The van der Waals surface area contributed by atoms with Crippen LogP contribution >= 0.6 is 0 Å². The van der Waals surface area contributed by atoms with Crippen molar-refractivity contribution < 1.29 is 23.4 Å². The van der Waals surface area contributed by atoms with Crippen LogP contribution in [0.15, 0.2) is 12.1 Å². The standard InChI is InChI=1S/C13H15F2NO3/c14-11-9(13(17)18)4-5-10(12(11)15)16-7-8-3-1-2-6-19-8/h4-5,8,16H,1-3,6-7H2,(H,17,18). The minimum Gasteiger partial charge on any atom is -0.478 e. The zero-order chi connectivity index (χ0) is 13.8. The summed E-state index contributed by atoms with van der Waals surface area (Å²) in [6, 6.07) is 2.27. The minimum absolute atomic E-state index is 0.0182. The molecule has 0 aliphatic carbocycles. The number of halogens is 2. The van der Waals surface area contributed by atoms with E-state index in [4.69, 9.17) is 9.84 Å². The van der Waals surface area contributed by atoms with E-state index in [2.05, 4.69) is 5.32 Å². The highest BCUT2D eigenvalue weighted by molar-refractivity contribution is 5.88. The van der Waals surface area contributed by atoms with E-state index in [-0.39, 0.29) is 11.8 Å². The highest BCUT2D eigenvalue weighted by Gasteiger charge is 2.19. The van der Waals surface area contributed by atoms with Crippen molar-refractivity contribution in [1.29, 1.82) is 0 Å². The maximum absolute atomic E-state index is 13.6. The smallest absolute Gasteiger partial charge is 0.338 e. The van der Waals surface area contributed by atoms with Crippen molar-refractivity contribution in [2.24, 2.45) is 0 Å². The van der Waals surface area contributed by atoms with Crippen molar-refractivity contribution in [2.75, 3.05) is 18.5 Å². The molecule has 1 aromatic carbocycles. The topological polar surface area (TPSA) is 58.6 Å². The number of anilines is 1. The highest BCUT2D eigenvalue weighted by atomic mass is 19.2. The Morgan fingerprint density at radius 1 is 1.37 bits per heavy atom. The fourth-order valence-corrected chi connectivity index (χ4v) is 2.04. The summed E-state index contributed by atoms with van der Waals surface area (Å²) in [5.74, 6) is -4.00. The van der Waals surface area contributed by atoms with Gasteiger partial charge in [0.05, 0.1) is 17.4 Å². The monoisotopic (exact) mass is 271 g/mol. The average Bonchev–Trinajstić information content (AvgIpc) is 2.41. The number of benzene rings is 1. The molecular weight excluding hydrogens is 256 g/mol. The third-order valence-electron chi connectivity index (χ3n) is 3.11. The molecule has 0 spiro atoms. The quantitative estimate of drug-likeness (QED) is 0.884. The molecule has 0 amide bonds. The number of carboxylic acids is 1. The summed E-state index contributed by atoms with van der Waals surface area (Å²) in [7, 11) is 0. The zero-order valence-electron chi connectivity index (χ0n) is 10.3. The molecule has 0 bridgehead atoms. The van der Waals surface area contributed by atoms with Gasteiger partial charge in [-0.05, 0) is 31.4 Å². The van der Waals surface area contributed by atoms with Gasteiger partial charge in [-0.25, -0.2) is 13.6 Å². The van der Waals surface area contributed by atoms with Crippen molar-refractivity contribution in [1.82, 2.24) is 0 Å². The summed E-state index contributed by atoms with van der Waals surface area (Å²) in [6.07, 6.45) is 2.94. The Morgan fingerprint density at radius 3 is 2.79 bits per heavy atom. The van der Waals surface area contributed by atoms with E-state index >= 15 is 0 Å². The Bertz CT molecular complexity index is 473. The molecule has 1 fully saturated rings. The normalized spacial score (nSPS) is 19.2.